The summed E-state index contributed by atoms with van der Waals surface area (Å²) in [5.41, 5.74) is 2.09. The topological polar surface area (TPSA) is 105 Å². The Hall–Kier alpha value is -4.60. The van der Waals surface area contributed by atoms with Crippen molar-refractivity contribution in [3.05, 3.63) is 125 Å². The molecule has 0 N–H and O–H groups in total. The molecule has 4 unspecified atom stereocenters. The van der Waals surface area contributed by atoms with Gasteiger partial charge in [0.2, 0.25) is 0 Å². The SMILES string of the molecule is C=S(CCCOC(CC)C(=O)COc1ccc(C(=O)c2ccccc2)cc1)C(C)OC(=O)COC1=CC=C(C(=O)c2ccccc2)CC1C. The third kappa shape index (κ3) is 11.2. The van der Waals surface area contributed by atoms with Gasteiger partial charge in [-0.05, 0) is 62.3 Å². The highest BCUT2D eigenvalue weighted by Crippen LogP contribution is 2.28. The van der Waals surface area contributed by atoms with Crippen LogP contribution >= 0.6 is 10.5 Å². The Morgan fingerprint density at radius 2 is 1.43 bits per heavy atom. The lowest BCUT2D eigenvalue weighted by molar-refractivity contribution is -0.148. The first-order valence-corrected chi connectivity index (χ1v) is 18.1. The van der Waals surface area contributed by atoms with Gasteiger partial charge in [0, 0.05) is 34.8 Å². The second-order valence-corrected chi connectivity index (χ2v) is 13.9. The van der Waals surface area contributed by atoms with Crippen LogP contribution in [0.5, 0.6) is 5.75 Å². The second-order valence-electron chi connectivity index (χ2n) is 11.7. The van der Waals surface area contributed by atoms with Crippen LogP contribution in [0.1, 0.15) is 66.3 Å². The van der Waals surface area contributed by atoms with Gasteiger partial charge in [0.25, 0.3) is 0 Å². The smallest absolute Gasteiger partial charge is 0.345 e. The molecule has 0 heterocycles. The fraction of sp³-hybridized carbons (Fsp3) is 0.325. The van der Waals surface area contributed by atoms with Crippen LogP contribution in [-0.2, 0) is 23.8 Å². The van der Waals surface area contributed by atoms with Crippen LogP contribution in [0.3, 0.4) is 0 Å². The first-order chi connectivity index (χ1) is 23.7. The molecule has 3 aromatic rings. The Morgan fingerprint density at radius 1 is 0.816 bits per heavy atom. The predicted molar refractivity (Wildman–Crippen MR) is 193 cm³/mol. The molecule has 3 aromatic carbocycles. The van der Waals surface area contributed by atoms with Crippen LogP contribution in [0.25, 0.3) is 0 Å². The van der Waals surface area contributed by atoms with Gasteiger partial charge < -0.3 is 18.9 Å². The first kappa shape index (κ1) is 37.2. The summed E-state index contributed by atoms with van der Waals surface area (Å²) in [7, 11) is -0.476. The zero-order valence-corrected chi connectivity index (χ0v) is 29.1. The monoisotopic (exact) mass is 684 g/mol. The highest BCUT2D eigenvalue weighted by Gasteiger charge is 2.23. The van der Waals surface area contributed by atoms with Gasteiger partial charge in [-0.3, -0.25) is 14.4 Å². The van der Waals surface area contributed by atoms with E-state index in [1.54, 1.807) is 67.6 Å². The second kappa shape index (κ2) is 18.8. The Bertz CT molecular complexity index is 1660. The summed E-state index contributed by atoms with van der Waals surface area (Å²) < 4.78 is 22.8. The van der Waals surface area contributed by atoms with E-state index in [9.17, 15) is 19.2 Å². The molecule has 1 aliphatic rings. The molecule has 49 heavy (non-hydrogen) atoms. The van der Waals surface area contributed by atoms with Crippen LogP contribution in [0, 0.1) is 5.92 Å². The summed E-state index contributed by atoms with van der Waals surface area (Å²) in [5, 5.41) is 0. The number of rotatable bonds is 19. The van der Waals surface area contributed by atoms with Gasteiger partial charge in [-0.15, -0.1) is 0 Å². The van der Waals surface area contributed by atoms with E-state index in [0.29, 0.717) is 65.4 Å². The van der Waals surface area contributed by atoms with Gasteiger partial charge in [0.1, 0.15) is 23.9 Å². The Kier molecular flexibility index (Phi) is 14.3. The molecule has 0 aromatic heterocycles. The summed E-state index contributed by atoms with van der Waals surface area (Å²) in [4.78, 5) is 50.6. The highest BCUT2D eigenvalue weighted by atomic mass is 32.2. The van der Waals surface area contributed by atoms with E-state index in [2.05, 4.69) is 5.87 Å². The van der Waals surface area contributed by atoms with Gasteiger partial charge in [-0.25, -0.2) is 4.79 Å². The summed E-state index contributed by atoms with van der Waals surface area (Å²) in [6.07, 6.45) is 4.59. The van der Waals surface area contributed by atoms with E-state index in [0.717, 1.165) is 0 Å². The maximum Gasteiger partial charge on any atom is 0.345 e. The number of allylic oxidation sites excluding steroid dienone is 4. The van der Waals surface area contributed by atoms with Gasteiger partial charge in [0.15, 0.2) is 24.0 Å². The lowest BCUT2D eigenvalue weighted by Gasteiger charge is -2.22. The van der Waals surface area contributed by atoms with E-state index < -0.39 is 28.0 Å². The van der Waals surface area contributed by atoms with E-state index in [1.807, 2.05) is 50.2 Å². The molecular weight excluding hydrogens is 640 g/mol. The van der Waals surface area contributed by atoms with Crippen molar-refractivity contribution in [3.63, 3.8) is 0 Å². The van der Waals surface area contributed by atoms with E-state index in [4.69, 9.17) is 18.9 Å². The zero-order valence-electron chi connectivity index (χ0n) is 28.3. The minimum Gasteiger partial charge on any atom is -0.486 e. The number of carbonyl (C=O) groups excluding carboxylic acids is 4. The zero-order chi connectivity index (χ0) is 35.2. The van der Waals surface area contributed by atoms with Gasteiger partial charge >= 0.3 is 5.97 Å². The molecule has 1 aliphatic carbocycles. The number of hydrogen-bond acceptors (Lipinski definition) is 8. The standard InChI is InChI=1S/C40H44O8S/c1-5-36(35(41)26-46-34-20-17-32(18-21-34)39(43)30-13-8-6-9-14-30)45-23-12-24-49(4)29(3)48-38(42)27-47-37-22-19-33(25-28(37)2)40(44)31-15-10-7-11-16-31/h6-11,13-22,28-29,36H,4-5,12,23-27H2,1-3H3. The van der Waals surface area contributed by atoms with Gasteiger partial charge in [-0.1, -0.05) is 86.5 Å². The number of hydrogen-bond donors (Lipinski definition) is 0. The fourth-order valence-corrected chi connectivity index (χ4v) is 6.25. The average molecular weight is 685 g/mol. The van der Waals surface area contributed by atoms with Crippen LogP contribution < -0.4 is 4.74 Å². The lowest BCUT2D eigenvalue weighted by atomic mass is 9.89. The number of esters is 1. The molecule has 8 nitrogen and oxygen atoms in total. The normalized spacial score (nSPS) is 15.9. The molecule has 0 saturated carbocycles. The Balaban J connectivity index is 1.12. The van der Waals surface area contributed by atoms with Crippen LogP contribution in [-0.4, -0.2) is 66.3 Å². The molecule has 4 atom stereocenters. The molecule has 0 bridgehead atoms. The molecule has 0 spiro atoms. The molecule has 258 valence electrons. The maximum atomic E-state index is 12.8. The lowest BCUT2D eigenvalue weighted by Crippen LogP contribution is -2.29. The van der Waals surface area contributed by atoms with Crippen molar-refractivity contribution >= 4 is 39.7 Å². The number of carbonyl (C=O) groups is 4. The number of ether oxygens (including phenoxy) is 4. The van der Waals surface area contributed by atoms with Crippen molar-refractivity contribution in [1.82, 2.24) is 0 Å². The van der Waals surface area contributed by atoms with Gasteiger partial charge in [0.05, 0.1) is 5.76 Å². The molecule has 0 fully saturated rings. The third-order valence-corrected chi connectivity index (χ3v) is 9.89. The number of benzene rings is 3. The van der Waals surface area contributed by atoms with E-state index >= 15 is 0 Å². The van der Waals surface area contributed by atoms with Crippen molar-refractivity contribution in [2.75, 3.05) is 25.6 Å². The molecule has 0 radical (unpaired) electrons. The van der Waals surface area contributed by atoms with E-state index in [1.165, 1.54) is 0 Å². The van der Waals surface area contributed by atoms with Crippen molar-refractivity contribution in [1.29, 1.82) is 0 Å². The summed E-state index contributed by atoms with van der Waals surface area (Å²) in [6.45, 7) is 5.64. The minimum atomic E-state index is -0.600. The van der Waals surface area contributed by atoms with Crippen molar-refractivity contribution in [2.45, 2.75) is 51.6 Å². The van der Waals surface area contributed by atoms with E-state index in [-0.39, 0.29) is 36.5 Å². The molecule has 0 amide bonds. The number of Topliss-reactive ketones (excluding diaryl/α,β-unsaturated/α-hetero) is 2. The molecule has 0 saturated heterocycles. The van der Waals surface area contributed by atoms with Crippen LogP contribution in [0.2, 0.25) is 0 Å². The van der Waals surface area contributed by atoms with Crippen molar-refractivity contribution < 1.29 is 38.1 Å². The molecule has 9 heteroatoms. The Labute approximate surface area is 291 Å². The maximum absolute atomic E-state index is 12.8. The largest absolute Gasteiger partial charge is 0.486 e. The predicted octanol–water partition coefficient (Wildman–Crippen LogP) is 7.39. The first-order valence-electron chi connectivity index (χ1n) is 16.4. The number of ketones is 3. The van der Waals surface area contributed by atoms with Crippen LogP contribution in [0.15, 0.2) is 108 Å². The molecule has 4 rings (SSSR count). The average Bonchev–Trinajstić information content (AvgIpc) is 3.13. The third-order valence-electron chi connectivity index (χ3n) is 8.05. The fourth-order valence-electron chi connectivity index (χ4n) is 5.19. The molecular formula is C40H44O8S. The summed E-state index contributed by atoms with van der Waals surface area (Å²) in [6, 6.07) is 24.9. The Morgan fingerprint density at radius 3 is 2.04 bits per heavy atom. The van der Waals surface area contributed by atoms with Crippen LogP contribution in [0.4, 0.5) is 0 Å². The van der Waals surface area contributed by atoms with Crippen molar-refractivity contribution in [3.8, 4) is 5.75 Å². The summed E-state index contributed by atoms with van der Waals surface area (Å²) in [5.74, 6) is 5.18. The van der Waals surface area contributed by atoms with Gasteiger partial charge in [-0.2, -0.15) is 10.5 Å². The molecule has 0 aliphatic heterocycles. The summed E-state index contributed by atoms with van der Waals surface area (Å²) >= 11 is 0. The quantitative estimate of drug-likeness (QED) is 0.0557. The highest BCUT2D eigenvalue weighted by molar-refractivity contribution is 8.14. The minimum absolute atomic E-state index is 0.00768. The van der Waals surface area contributed by atoms with Crippen molar-refractivity contribution in [2.24, 2.45) is 5.92 Å².